The molecule has 2 aliphatic carbocycles. The second-order valence-electron chi connectivity index (χ2n) is 5.93. The van der Waals surface area contributed by atoms with E-state index in [-0.39, 0.29) is 18.0 Å². The smallest absolute Gasteiger partial charge is 0.309 e. The molecule has 5 unspecified atom stereocenters. The zero-order chi connectivity index (χ0) is 13.3. The molecule has 5 atom stereocenters. The van der Waals surface area contributed by atoms with Gasteiger partial charge in [0.15, 0.2) is 4.34 Å². The first-order valence-corrected chi connectivity index (χ1v) is 8.72. The van der Waals surface area contributed by atoms with Crippen molar-refractivity contribution < 1.29 is 9.53 Å². The number of nitrogens with zero attached hydrogens (tertiary/aromatic N) is 1. The monoisotopic (exact) mass is 303 g/mol. The number of carbonyl (C=O) groups is 1. The molecular formula is C15H13NO2S2. The lowest BCUT2D eigenvalue weighted by Crippen LogP contribution is -2.29. The maximum absolute atomic E-state index is 11.8. The number of benzene rings is 1. The Morgan fingerprint density at radius 3 is 3.10 bits per heavy atom. The first-order chi connectivity index (χ1) is 9.79. The third-order valence-electron chi connectivity index (χ3n) is 4.92. The average molecular weight is 303 g/mol. The summed E-state index contributed by atoms with van der Waals surface area (Å²) < 4.78 is 7.96. The highest BCUT2D eigenvalue weighted by atomic mass is 32.2. The first kappa shape index (κ1) is 11.6. The number of esters is 1. The third-order valence-corrected chi connectivity index (χ3v) is 7.51. The minimum atomic E-state index is 0.0508. The van der Waals surface area contributed by atoms with E-state index >= 15 is 0 Å². The van der Waals surface area contributed by atoms with Gasteiger partial charge in [-0.3, -0.25) is 4.79 Å². The number of ether oxygens (including phenoxy) is 1. The quantitative estimate of drug-likeness (QED) is 0.798. The zero-order valence-electron chi connectivity index (χ0n) is 10.7. The van der Waals surface area contributed by atoms with Crippen LogP contribution in [0.4, 0.5) is 0 Å². The summed E-state index contributed by atoms with van der Waals surface area (Å²) >= 11 is 3.58. The fourth-order valence-corrected chi connectivity index (χ4v) is 6.76. The number of rotatable bonds is 2. The predicted molar refractivity (Wildman–Crippen MR) is 78.8 cm³/mol. The minimum absolute atomic E-state index is 0.0508. The molecule has 102 valence electrons. The lowest BCUT2D eigenvalue weighted by Gasteiger charge is -2.23. The molecule has 2 bridgehead atoms. The van der Waals surface area contributed by atoms with Crippen molar-refractivity contribution in [2.75, 3.05) is 0 Å². The average Bonchev–Trinajstić information content (AvgIpc) is 3.14. The van der Waals surface area contributed by atoms with Gasteiger partial charge in [0.25, 0.3) is 0 Å². The molecule has 5 rings (SSSR count). The molecule has 3 fully saturated rings. The summed E-state index contributed by atoms with van der Waals surface area (Å²) in [5.74, 6) is 1.38. The van der Waals surface area contributed by atoms with Gasteiger partial charge in [0.2, 0.25) is 0 Å². The molecule has 1 aliphatic heterocycles. The number of para-hydroxylation sites is 1. The van der Waals surface area contributed by atoms with E-state index in [1.807, 2.05) is 17.8 Å². The topological polar surface area (TPSA) is 39.2 Å². The lowest BCUT2D eigenvalue weighted by atomic mass is 9.90. The summed E-state index contributed by atoms with van der Waals surface area (Å²) in [6, 6.07) is 8.25. The van der Waals surface area contributed by atoms with Gasteiger partial charge in [-0.15, -0.1) is 11.3 Å². The Kier molecular flexibility index (Phi) is 2.30. The zero-order valence-corrected chi connectivity index (χ0v) is 12.3. The molecule has 0 spiro atoms. The van der Waals surface area contributed by atoms with E-state index in [2.05, 4.69) is 18.2 Å². The third kappa shape index (κ3) is 1.48. The number of fused-ring (bicyclic) bond motifs is 2. The van der Waals surface area contributed by atoms with Crippen LogP contribution in [0, 0.1) is 17.8 Å². The summed E-state index contributed by atoms with van der Waals surface area (Å²) in [5, 5.41) is 0.420. The van der Waals surface area contributed by atoms with Crippen LogP contribution in [0.1, 0.15) is 12.8 Å². The molecule has 0 amide bonds. The van der Waals surface area contributed by atoms with E-state index in [1.54, 1.807) is 11.3 Å². The van der Waals surface area contributed by atoms with E-state index in [0.717, 1.165) is 16.3 Å². The maximum Gasteiger partial charge on any atom is 0.309 e. The number of thiazole rings is 1. The van der Waals surface area contributed by atoms with Gasteiger partial charge in [-0.2, -0.15) is 0 Å². The Hall–Kier alpha value is -1.07. The van der Waals surface area contributed by atoms with Gasteiger partial charge in [-0.25, -0.2) is 4.98 Å². The molecular weight excluding hydrogens is 290 g/mol. The normalized spacial score (nSPS) is 37.8. The van der Waals surface area contributed by atoms with Crippen LogP contribution in [0.25, 0.3) is 10.2 Å². The molecule has 1 saturated heterocycles. The van der Waals surface area contributed by atoms with Crippen LogP contribution < -0.4 is 0 Å². The summed E-state index contributed by atoms with van der Waals surface area (Å²) in [4.78, 5) is 16.5. The SMILES string of the molecule is O=C1OC2C3CC(CC13)C2Sc1nc2ccccc2s1. The summed E-state index contributed by atoms with van der Waals surface area (Å²) in [6.45, 7) is 0. The van der Waals surface area contributed by atoms with Gasteiger partial charge in [-0.05, 0) is 30.9 Å². The summed E-state index contributed by atoms with van der Waals surface area (Å²) in [6.07, 6.45) is 2.34. The van der Waals surface area contributed by atoms with Crippen molar-refractivity contribution in [2.45, 2.75) is 28.5 Å². The van der Waals surface area contributed by atoms with Crippen LogP contribution in [-0.2, 0) is 9.53 Å². The molecule has 3 nitrogen and oxygen atoms in total. The second-order valence-corrected chi connectivity index (χ2v) is 8.39. The van der Waals surface area contributed by atoms with Crippen LogP contribution in [0.2, 0.25) is 0 Å². The van der Waals surface area contributed by atoms with Crippen LogP contribution in [0.15, 0.2) is 28.6 Å². The van der Waals surface area contributed by atoms with Crippen molar-refractivity contribution in [1.29, 1.82) is 0 Å². The van der Waals surface area contributed by atoms with Gasteiger partial charge in [-0.1, -0.05) is 23.9 Å². The highest BCUT2D eigenvalue weighted by Gasteiger charge is 2.62. The molecule has 0 radical (unpaired) electrons. The van der Waals surface area contributed by atoms with Crippen LogP contribution >= 0.6 is 23.1 Å². The van der Waals surface area contributed by atoms with Crippen LogP contribution in [0.5, 0.6) is 0 Å². The summed E-state index contributed by atoms with van der Waals surface area (Å²) in [7, 11) is 0. The fourth-order valence-electron chi connectivity index (χ4n) is 4.08. The van der Waals surface area contributed by atoms with E-state index in [9.17, 15) is 4.79 Å². The van der Waals surface area contributed by atoms with Crippen molar-refractivity contribution in [2.24, 2.45) is 17.8 Å². The van der Waals surface area contributed by atoms with Crippen molar-refractivity contribution in [1.82, 2.24) is 4.98 Å². The number of aromatic nitrogens is 1. The number of thioether (sulfide) groups is 1. The minimum Gasteiger partial charge on any atom is -0.461 e. The summed E-state index contributed by atoms with van der Waals surface area (Å²) in [5.41, 5.74) is 1.07. The van der Waals surface area contributed by atoms with E-state index < -0.39 is 0 Å². The Bertz CT molecular complexity index is 680. The molecule has 2 heterocycles. The predicted octanol–water partition coefficient (Wildman–Crippen LogP) is 3.34. The Morgan fingerprint density at radius 2 is 2.20 bits per heavy atom. The molecule has 3 aliphatic rings. The Labute approximate surface area is 124 Å². The van der Waals surface area contributed by atoms with E-state index in [0.29, 0.717) is 17.1 Å². The molecule has 1 aromatic heterocycles. The second kappa shape index (κ2) is 3.98. The van der Waals surface area contributed by atoms with Crippen LogP contribution in [-0.4, -0.2) is 22.3 Å². The highest BCUT2D eigenvalue weighted by molar-refractivity contribution is 8.01. The molecule has 5 heteroatoms. The molecule has 1 aromatic carbocycles. The lowest BCUT2D eigenvalue weighted by molar-refractivity contribution is -0.143. The molecule has 2 saturated carbocycles. The first-order valence-electron chi connectivity index (χ1n) is 7.02. The Balaban J connectivity index is 1.46. The van der Waals surface area contributed by atoms with Crippen molar-refractivity contribution in [3.63, 3.8) is 0 Å². The number of hydrogen-bond acceptors (Lipinski definition) is 5. The van der Waals surface area contributed by atoms with Crippen molar-refractivity contribution in [3.8, 4) is 0 Å². The fraction of sp³-hybridized carbons (Fsp3) is 0.467. The van der Waals surface area contributed by atoms with Crippen LogP contribution in [0.3, 0.4) is 0 Å². The largest absolute Gasteiger partial charge is 0.461 e. The molecule has 2 aromatic rings. The van der Waals surface area contributed by atoms with Gasteiger partial charge < -0.3 is 4.74 Å². The van der Waals surface area contributed by atoms with Gasteiger partial charge in [0.1, 0.15) is 6.10 Å². The van der Waals surface area contributed by atoms with Gasteiger partial charge in [0.05, 0.1) is 21.4 Å². The van der Waals surface area contributed by atoms with Gasteiger partial charge in [0, 0.05) is 5.92 Å². The standard InChI is InChI=1S/C15H13NO2S2/c17-14-9-6-7-5-8(9)12(18-14)13(7)20-15-16-10-3-1-2-4-11(10)19-15/h1-4,7-9,12-13H,5-6H2. The molecule has 0 N–H and O–H groups in total. The number of hydrogen-bond donors (Lipinski definition) is 0. The van der Waals surface area contributed by atoms with Crippen molar-refractivity contribution >= 4 is 39.3 Å². The number of carbonyl (C=O) groups excluding carboxylic acids is 1. The van der Waals surface area contributed by atoms with Crippen molar-refractivity contribution in [3.05, 3.63) is 24.3 Å². The maximum atomic E-state index is 11.8. The van der Waals surface area contributed by atoms with E-state index in [4.69, 9.17) is 9.72 Å². The molecule has 20 heavy (non-hydrogen) atoms. The highest BCUT2D eigenvalue weighted by Crippen LogP contribution is 2.59. The van der Waals surface area contributed by atoms with Gasteiger partial charge >= 0.3 is 5.97 Å². The Morgan fingerprint density at radius 1 is 1.30 bits per heavy atom. The van der Waals surface area contributed by atoms with E-state index in [1.165, 1.54) is 11.1 Å².